The van der Waals surface area contributed by atoms with Gasteiger partial charge in [0.25, 0.3) is 0 Å². The SMILES string of the molecule is CCCCN(CC)c1nc(OCC2(CN3[C@@H](C)COC[C@@H]3C)CC2)cc2c(F)c(C3=C(F)C=C(F)C4SC(N)=C(C#N)C34)ncc12. The number of hydrogen-bond acceptors (Lipinski definition) is 9. The van der Waals surface area contributed by atoms with Crippen LogP contribution in [0.5, 0.6) is 5.88 Å². The highest BCUT2D eigenvalue weighted by Crippen LogP contribution is 2.53. The van der Waals surface area contributed by atoms with Gasteiger partial charge in [-0.3, -0.25) is 9.88 Å². The number of unbranched alkanes of at least 4 members (excludes halogenated alkanes) is 1. The Morgan fingerprint density at radius 2 is 1.93 bits per heavy atom. The lowest BCUT2D eigenvalue weighted by Crippen LogP contribution is -2.52. The van der Waals surface area contributed by atoms with E-state index >= 15 is 8.78 Å². The van der Waals surface area contributed by atoms with Crippen molar-refractivity contribution >= 4 is 33.9 Å². The monoisotopic (exact) mass is 654 g/mol. The smallest absolute Gasteiger partial charge is 0.215 e. The molecule has 4 heterocycles. The Morgan fingerprint density at radius 3 is 2.59 bits per heavy atom. The minimum Gasteiger partial charge on any atom is -0.477 e. The van der Waals surface area contributed by atoms with Crippen LogP contribution < -0.4 is 15.4 Å². The molecule has 0 amide bonds. The molecular weight excluding hydrogens is 613 g/mol. The van der Waals surface area contributed by atoms with E-state index in [0.29, 0.717) is 56.2 Å². The maximum atomic E-state index is 16.7. The predicted octanol–water partition coefficient (Wildman–Crippen LogP) is 6.64. The second kappa shape index (κ2) is 13.1. The molecule has 0 radical (unpaired) electrons. The molecule has 4 aliphatic rings. The molecule has 1 saturated carbocycles. The van der Waals surface area contributed by atoms with Crippen molar-refractivity contribution in [2.45, 2.75) is 70.7 Å². The second-order valence-corrected chi connectivity index (χ2v) is 14.2. The minimum absolute atomic E-state index is 0.0134. The maximum absolute atomic E-state index is 16.7. The summed E-state index contributed by atoms with van der Waals surface area (Å²) >= 11 is 0.940. The van der Waals surface area contributed by atoms with Crippen LogP contribution >= 0.6 is 11.8 Å². The number of ether oxygens (including phenoxy) is 2. The molecule has 0 aromatic carbocycles. The predicted molar refractivity (Wildman–Crippen MR) is 175 cm³/mol. The summed E-state index contributed by atoms with van der Waals surface area (Å²) in [6, 6.07) is 4.16. The fourth-order valence-corrected chi connectivity index (χ4v) is 7.95. The zero-order chi connectivity index (χ0) is 32.7. The minimum atomic E-state index is -1.09. The summed E-state index contributed by atoms with van der Waals surface area (Å²) in [5.74, 6) is -2.77. The highest BCUT2D eigenvalue weighted by atomic mass is 32.2. The number of aromatic nitrogens is 2. The van der Waals surface area contributed by atoms with Crippen molar-refractivity contribution in [2.24, 2.45) is 17.1 Å². The van der Waals surface area contributed by atoms with Gasteiger partial charge in [0, 0.05) is 77.7 Å². The van der Waals surface area contributed by atoms with Gasteiger partial charge >= 0.3 is 0 Å². The Labute approximate surface area is 272 Å². The van der Waals surface area contributed by atoms with E-state index in [9.17, 15) is 9.65 Å². The molecule has 12 heteroatoms. The zero-order valence-electron chi connectivity index (χ0n) is 26.8. The first-order valence-electron chi connectivity index (χ1n) is 16.1. The van der Waals surface area contributed by atoms with Gasteiger partial charge in [-0.05, 0) is 40.0 Å². The van der Waals surface area contributed by atoms with Crippen molar-refractivity contribution in [1.29, 1.82) is 5.26 Å². The Kier molecular flexibility index (Phi) is 9.29. The molecule has 2 aliphatic heterocycles. The first kappa shape index (κ1) is 32.7. The topological polar surface area (TPSA) is 101 Å². The summed E-state index contributed by atoms with van der Waals surface area (Å²) in [4.78, 5) is 13.8. The molecule has 246 valence electrons. The van der Waals surface area contributed by atoms with Gasteiger partial charge in [0.1, 0.15) is 23.2 Å². The summed E-state index contributed by atoms with van der Waals surface area (Å²) in [6.07, 6.45) is 6.17. The van der Waals surface area contributed by atoms with Gasteiger partial charge in [-0.15, -0.1) is 0 Å². The van der Waals surface area contributed by atoms with Crippen LogP contribution in [0.4, 0.5) is 19.0 Å². The standard InChI is InChI=1S/C34H41F3N6O2S/c1-5-7-10-42(6-2)33-23-14-40-30(28-24(35)12-25(36)31-27(28)22(13-38)32(39)46-31)29(37)21(23)11-26(41-33)45-18-34(8-9-34)17-43-19(3)15-44-16-20(43)4/h11-12,14,19-20,27,31H,5-10,15-18,39H2,1-4H3/t19-,20-,27?,31?/m0/s1. The van der Waals surface area contributed by atoms with Crippen LogP contribution in [0.15, 0.2) is 40.6 Å². The van der Waals surface area contributed by atoms with Crippen molar-refractivity contribution in [2.75, 3.05) is 44.4 Å². The van der Waals surface area contributed by atoms with Gasteiger partial charge in [0.15, 0.2) is 5.82 Å². The number of thioether (sulfide) groups is 1. The molecule has 0 bridgehead atoms. The van der Waals surface area contributed by atoms with Crippen LogP contribution in [0.2, 0.25) is 0 Å². The van der Waals surface area contributed by atoms with Crippen LogP contribution in [-0.2, 0) is 4.74 Å². The van der Waals surface area contributed by atoms with Crippen LogP contribution in [0.1, 0.15) is 59.1 Å². The van der Waals surface area contributed by atoms with Crippen LogP contribution in [0.25, 0.3) is 16.3 Å². The number of hydrogen-bond donors (Lipinski definition) is 1. The van der Waals surface area contributed by atoms with Gasteiger partial charge in [-0.25, -0.2) is 13.2 Å². The quantitative estimate of drug-likeness (QED) is 0.286. The summed E-state index contributed by atoms with van der Waals surface area (Å²) in [5, 5.41) is 9.59. The molecule has 4 atom stereocenters. The summed E-state index contributed by atoms with van der Waals surface area (Å²) in [6.45, 7) is 12.5. The number of pyridine rings is 2. The lowest BCUT2D eigenvalue weighted by atomic mass is 9.82. The number of nitrogens with two attached hydrogens (primary N) is 1. The van der Waals surface area contributed by atoms with Gasteiger partial charge in [0.05, 0.1) is 41.7 Å². The molecule has 2 N–H and O–H groups in total. The largest absolute Gasteiger partial charge is 0.477 e. The van der Waals surface area contributed by atoms with Crippen LogP contribution in [0, 0.1) is 28.5 Å². The molecule has 0 spiro atoms. The molecular formula is C34H41F3N6O2S. The van der Waals surface area contributed by atoms with E-state index in [0.717, 1.165) is 50.1 Å². The number of nitriles is 1. The maximum Gasteiger partial charge on any atom is 0.215 e. The van der Waals surface area contributed by atoms with Crippen molar-refractivity contribution in [1.82, 2.24) is 14.9 Å². The van der Waals surface area contributed by atoms with E-state index in [1.165, 1.54) is 6.20 Å². The molecule has 6 rings (SSSR count). The van der Waals surface area contributed by atoms with Crippen molar-refractivity contribution < 1.29 is 22.6 Å². The Morgan fingerprint density at radius 1 is 1.20 bits per heavy atom. The first-order valence-corrected chi connectivity index (χ1v) is 17.0. The summed E-state index contributed by atoms with van der Waals surface area (Å²) < 4.78 is 59.2. The van der Waals surface area contributed by atoms with E-state index in [1.54, 1.807) is 6.07 Å². The number of morpholine rings is 1. The third-order valence-corrected chi connectivity index (χ3v) is 10.9. The average Bonchev–Trinajstić information content (AvgIpc) is 3.72. The molecule has 46 heavy (non-hydrogen) atoms. The highest BCUT2D eigenvalue weighted by molar-refractivity contribution is 8.04. The number of rotatable bonds is 11. The van der Waals surface area contributed by atoms with E-state index < -0.39 is 28.6 Å². The fourth-order valence-electron chi connectivity index (χ4n) is 6.79. The molecule has 2 aromatic heterocycles. The van der Waals surface area contributed by atoms with E-state index in [-0.39, 0.29) is 38.6 Å². The average molecular weight is 655 g/mol. The first-order chi connectivity index (χ1) is 22.1. The van der Waals surface area contributed by atoms with Gasteiger partial charge < -0.3 is 20.1 Å². The highest BCUT2D eigenvalue weighted by Gasteiger charge is 2.47. The molecule has 1 saturated heterocycles. The van der Waals surface area contributed by atoms with Gasteiger partial charge in [0.2, 0.25) is 5.88 Å². The van der Waals surface area contributed by atoms with Crippen molar-refractivity contribution in [3.63, 3.8) is 0 Å². The van der Waals surface area contributed by atoms with Crippen molar-refractivity contribution in [3.05, 3.63) is 52.1 Å². The zero-order valence-corrected chi connectivity index (χ0v) is 27.6. The van der Waals surface area contributed by atoms with E-state index in [4.69, 9.17) is 20.2 Å². The second-order valence-electron chi connectivity index (χ2n) is 13.0. The number of halogens is 3. The molecule has 2 fully saturated rings. The third-order valence-electron chi connectivity index (χ3n) is 9.71. The molecule has 2 aromatic rings. The molecule has 2 aliphatic carbocycles. The molecule has 8 nitrogen and oxygen atoms in total. The van der Waals surface area contributed by atoms with Crippen LogP contribution in [0.3, 0.4) is 0 Å². The Bertz CT molecular complexity index is 1640. The third kappa shape index (κ3) is 5.98. The number of allylic oxidation sites excluding steroid dienone is 4. The van der Waals surface area contributed by atoms with Gasteiger partial charge in [-0.1, -0.05) is 25.1 Å². The fraction of sp³-hybridized carbons (Fsp3) is 0.559. The van der Waals surface area contributed by atoms with E-state index in [1.807, 2.05) is 13.0 Å². The number of anilines is 1. The van der Waals surface area contributed by atoms with Gasteiger partial charge in [-0.2, -0.15) is 10.2 Å². The van der Waals surface area contributed by atoms with Crippen molar-refractivity contribution in [3.8, 4) is 11.9 Å². The number of nitrogens with zero attached hydrogens (tertiary/aromatic N) is 5. The summed E-state index contributed by atoms with van der Waals surface area (Å²) in [5.41, 5.74) is 5.56. The van der Waals surface area contributed by atoms with Crippen LogP contribution in [-0.4, -0.2) is 71.7 Å². The Balaban J connectivity index is 1.40. The molecule has 2 unspecified atom stereocenters. The lowest BCUT2D eigenvalue weighted by molar-refractivity contribution is -0.0482. The normalized spacial score (nSPS) is 25.8. The number of fused-ring (bicyclic) bond motifs is 2. The summed E-state index contributed by atoms with van der Waals surface area (Å²) in [7, 11) is 0. The lowest BCUT2D eigenvalue weighted by Gasteiger charge is -2.40. The van der Waals surface area contributed by atoms with E-state index in [2.05, 4.69) is 35.6 Å². The Hall–Kier alpha value is -3.27.